The van der Waals surface area contributed by atoms with E-state index < -0.39 is 0 Å². The lowest BCUT2D eigenvalue weighted by atomic mass is 9.91. The van der Waals surface area contributed by atoms with Gasteiger partial charge >= 0.3 is 5.97 Å². The third kappa shape index (κ3) is 2.03. The minimum atomic E-state index is -0.125. The van der Waals surface area contributed by atoms with Crippen molar-refractivity contribution >= 4 is 23.1 Å². The van der Waals surface area contributed by atoms with Crippen LogP contribution in [-0.4, -0.2) is 17.4 Å². The molecule has 1 unspecified atom stereocenters. The van der Waals surface area contributed by atoms with Crippen LogP contribution in [-0.2, 0) is 9.53 Å². The van der Waals surface area contributed by atoms with Crippen LogP contribution in [0.25, 0.3) is 0 Å². The van der Waals surface area contributed by atoms with Crippen molar-refractivity contribution in [2.24, 2.45) is 11.8 Å². The van der Waals surface area contributed by atoms with Crippen LogP contribution in [0.3, 0.4) is 0 Å². The molecule has 0 spiro atoms. The first-order chi connectivity index (χ1) is 5.63. The topological polar surface area (TPSA) is 26.3 Å². The van der Waals surface area contributed by atoms with Crippen molar-refractivity contribution in [1.29, 1.82) is 0 Å². The molecule has 0 saturated carbocycles. The molecule has 1 fully saturated rings. The molecular weight excluding hydrogens is 172 g/mol. The van der Waals surface area contributed by atoms with Crippen molar-refractivity contribution in [2.45, 2.75) is 26.7 Å². The lowest BCUT2D eigenvalue weighted by Crippen LogP contribution is -2.32. The van der Waals surface area contributed by atoms with Gasteiger partial charge < -0.3 is 4.74 Å². The maximum Gasteiger partial charge on any atom is 0.313 e. The number of hydrogen-bond acceptors (Lipinski definition) is 3. The van der Waals surface area contributed by atoms with Crippen molar-refractivity contribution in [1.82, 2.24) is 0 Å². The van der Waals surface area contributed by atoms with Crippen molar-refractivity contribution in [3.8, 4) is 0 Å². The number of rotatable bonds is 2. The molecule has 0 aromatic rings. The largest absolute Gasteiger partial charge is 0.465 e. The van der Waals surface area contributed by atoms with Crippen LogP contribution < -0.4 is 0 Å². The van der Waals surface area contributed by atoms with Gasteiger partial charge in [-0.25, -0.2) is 0 Å². The van der Waals surface area contributed by atoms with Gasteiger partial charge in [-0.1, -0.05) is 26.1 Å². The third-order valence-electron chi connectivity index (χ3n) is 2.08. The van der Waals surface area contributed by atoms with Crippen molar-refractivity contribution in [3.05, 3.63) is 0 Å². The van der Waals surface area contributed by atoms with Gasteiger partial charge in [0.2, 0.25) is 0 Å². The van der Waals surface area contributed by atoms with E-state index in [1.165, 1.54) is 0 Å². The fourth-order valence-corrected chi connectivity index (χ4v) is 1.55. The lowest BCUT2D eigenvalue weighted by Gasteiger charge is -2.23. The van der Waals surface area contributed by atoms with Crippen LogP contribution in [0.1, 0.15) is 26.7 Å². The highest BCUT2D eigenvalue weighted by atomic mass is 32.1. The van der Waals surface area contributed by atoms with E-state index in [4.69, 9.17) is 17.0 Å². The molecule has 0 radical (unpaired) electrons. The van der Waals surface area contributed by atoms with E-state index >= 15 is 0 Å². The van der Waals surface area contributed by atoms with E-state index in [-0.39, 0.29) is 11.9 Å². The number of carbonyl (C=O) groups excluding carboxylic acids is 1. The molecule has 0 bridgehead atoms. The first kappa shape index (κ1) is 9.65. The summed E-state index contributed by atoms with van der Waals surface area (Å²) in [6.45, 7) is 4.60. The Hall–Kier alpha value is -0.440. The van der Waals surface area contributed by atoms with E-state index in [0.717, 1.165) is 17.7 Å². The maximum atomic E-state index is 11.2. The predicted molar refractivity (Wildman–Crippen MR) is 51.1 cm³/mol. The highest BCUT2D eigenvalue weighted by Gasteiger charge is 2.28. The Balaban J connectivity index is 2.60. The number of cyclic esters (lactones) is 1. The zero-order chi connectivity index (χ0) is 9.14. The molecule has 1 aliphatic rings. The normalized spacial score (nSPS) is 23.9. The van der Waals surface area contributed by atoms with Gasteiger partial charge in [0, 0.05) is 4.86 Å². The molecule has 1 saturated heterocycles. The second kappa shape index (κ2) is 3.99. The second-order valence-corrected chi connectivity index (χ2v) is 3.89. The average molecular weight is 186 g/mol. The van der Waals surface area contributed by atoms with E-state index in [1.807, 2.05) is 13.8 Å². The Morgan fingerprint density at radius 2 is 2.33 bits per heavy atom. The molecule has 1 atom stereocenters. The average Bonchev–Trinajstić information content (AvgIpc) is 2.04. The Bertz CT molecular complexity index is 199. The number of hydrogen-bond donors (Lipinski definition) is 0. The summed E-state index contributed by atoms with van der Waals surface area (Å²) in [4.78, 5) is 12.1. The van der Waals surface area contributed by atoms with Crippen molar-refractivity contribution < 1.29 is 9.53 Å². The number of esters is 1. The summed E-state index contributed by atoms with van der Waals surface area (Å²) in [5.41, 5.74) is 0. The standard InChI is InChI=1S/C9H14O2S/c1-6(2)8(12)7-4-3-5-11-9(7)10/h6-7H,3-5H2,1-2H3. The van der Waals surface area contributed by atoms with Gasteiger partial charge in [0.1, 0.15) is 0 Å². The quantitative estimate of drug-likeness (QED) is 0.487. The molecule has 0 N–H and O–H groups in total. The van der Waals surface area contributed by atoms with E-state index in [2.05, 4.69) is 0 Å². The molecule has 2 nitrogen and oxygen atoms in total. The van der Waals surface area contributed by atoms with Crippen LogP contribution in [0.2, 0.25) is 0 Å². The van der Waals surface area contributed by atoms with Crippen molar-refractivity contribution in [2.75, 3.05) is 6.61 Å². The summed E-state index contributed by atoms with van der Waals surface area (Å²) in [5.74, 6) is 0.0596. The van der Waals surface area contributed by atoms with Crippen LogP contribution in [0, 0.1) is 11.8 Å². The summed E-state index contributed by atoms with van der Waals surface area (Å²) in [6, 6.07) is 0. The zero-order valence-corrected chi connectivity index (χ0v) is 8.32. The first-order valence-electron chi connectivity index (χ1n) is 4.33. The molecule has 1 aliphatic heterocycles. The zero-order valence-electron chi connectivity index (χ0n) is 7.50. The molecule has 1 heterocycles. The SMILES string of the molecule is CC(C)C(=S)C1CCCOC1=O. The molecule has 0 aromatic carbocycles. The smallest absolute Gasteiger partial charge is 0.313 e. The summed E-state index contributed by atoms with van der Waals surface area (Å²) < 4.78 is 4.94. The summed E-state index contributed by atoms with van der Waals surface area (Å²) in [7, 11) is 0. The minimum absolute atomic E-state index is 0.117. The van der Waals surface area contributed by atoms with Crippen LogP contribution in [0.15, 0.2) is 0 Å². The number of thiocarbonyl (C=S) groups is 1. The third-order valence-corrected chi connectivity index (χ3v) is 2.83. The summed E-state index contributed by atoms with van der Waals surface area (Å²) in [5, 5.41) is 0. The van der Waals surface area contributed by atoms with E-state index in [1.54, 1.807) is 0 Å². The maximum absolute atomic E-state index is 11.2. The Morgan fingerprint density at radius 1 is 1.67 bits per heavy atom. The molecule has 68 valence electrons. The first-order valence-corrected chi connectivity index (χ1v) is 4.74. The van der Waals surface area contributed by atoms with Gasteiger partial charge in [-0.3, -0.25) is 4.79 Å². The van der Waals surface area contributed by atoms with Crippen LogP contribution >= 0.6 is 12.2 Å². The van der Waals surface area contributed by atoms with Gasteiger partial charge in [-0.15, -0.1) is 0 Å². The monoisotopic (exact) mass is 186 g/mol. The van der Waals surface area contributed by atoms with Gasteiger partial charge in [-0.2, -0.15) is 0 Å². The van der Waals surface area contributed by atoms with Gasteiger partial charge in [0.25, 0.3) is 0 Å². The highest BCUT2D eigenvalue weighted by molar-refractivity contribution is 7.80. The molecule has 0 amide bonds. The van der Waals surface area contributed by atoms with Gasteiger partial charge in [0.05, 0.1) is 12.5 Å². The Morgan fingerprint density at radius 3 is 2.83 bits per heavy atom. The van der Waals surface area contributed by atoms with Crippen LogP contribution in [0.5, 0.6) is 0 Å². The molecule has 0 aromatic heterocycles. The molecule has 0 aliphatic carbocycles. The molecule has 3 heteroatoms. The molecule has 12 heavy (non-hydrogen) atoms. The molecular formula is C9H14O2S. The summed E-state index contributed by atoms with van der Waals surface area (Å²) >= 11 is 5.17. The van der Waals surface area contributed by atoms with Crippen molar-refractivity contribution in [3.63, 3.8) is 0 Å². The van der Waals surface area contributed by atoms with E-state index in [0.29, 0.717) is 12.5 Å². The fourth-order valence-electron chi connectivity index (χ4n) is 1.34. The Kier molecular flexibility index (Phi) is 3.20. The Labute approximate surface area is 78.3 Å². The molecule has 1 rings (SSSR count). The fraction of sp³-hybridized carbons (Fsp3) is 0.778. The second-order valence-electron chi connectivity index (χ2n) is 3.42. The van der Waals surface area contributed by atoms with E-state index in [9.17, 15) is 4.79 Å². The summed E-state index contributed by atoms with van der Waals surface area (Å²) in [6.07, 6.45) is 1.82. The lowest BCUT2D eigenvalue weighted by molar-refractivity contribution is -0.149. The highest BCUT2D eigenvalue weighted by Crippen LogP contribution is 2.20. The van der Waals surface area contributed by atoms with Gasteiger partial charge in [-0.05, 0) is 18.8 Å². The predicted octanol–water partition coefficient (Wildman–Crippen LogP) is 1.97. The van der Waals surface area contributed by atoms with Gasteiger partial charge in [0.15, 0.2) is 0 Å². The van der Waals surface area contributed by atoms with Crippen LogP contribution in [0.4, 0.5) is 0 Å². The number of ether oxygens (including phenoxy) is 1. The number of carbonyl (C=O) groups is 1. The minimum Gasteiger partial charge on any atom is -0.465 e.